The maximum absolute atomic E-state index is 10.7. The number of benzene rings is 1. The van der Waals surface area contributed by atoms with Crippen LogP contribution in [-0.2, 0) is 0 Å². The summed E-state index contributed by atoms with van der Waals surface area (Å²) in [5.74, 6) is -0.905. The van der Waals surface area contributed by atoms with E-state index in [9.17, 15) is 15.0 Å². The summed E-state index contributed by atoms with van der Waals surface area (Å²) in [7, 11) is 0. The monoisotopic (exact) mass is 287 g/mol. The molecule has 1 aromatic heterocycles. The lowest BCUT2D eigenvalue weighted by Crippen LogP contribution is -2.17. The molecule has 1 aromatic carbocycles. The Labute approximate surface area is 120 Å². The summed E-state index contributed by atoms with van der Waals surface area (Å²) in [5.41, 5.74) is 1.11. The molecule has 2 unspecified atom stereocenters. The van der Waals surface area contributed by atoms with E-state index in [1.165, 1.54) is 6.07 Å². The van der Waals surface area contributed by atoms with Gasteiger partial charge in [0.25, 0.3) is 0 Å². The van der Waals surface area contributed by atoms with Gasteiger partial charge in [-0.25, -0.2) is 4.79 Å². The fourth-order valence-corrected chi connectivity index (χ4v) is 1.88. The molecule has 0 aliphatic rings. The van der Waals surface area contributed by atoms with Crippen molar-refractivity contribution in [2.75, 3.05) is 0 Å². The molecule has 0 radical (unpaired) electrons. The summed E-state index contributed by atoms with van der Waals surface area (Å²) < 4.78 is 5.16. The van der Waals surface area contributed by atoms with Gasteiger partial charge in [-0.1, -0.05) is 24.3 Å². The van der Waals surface area contributed by atoms with Crippen molar-refractivity contribution in [1.29, 1.82) is 5.26 Å². The number of furan rings is 1. The van der Waals surface area contributed by atoms with Gasteiger partial charge in [0.05, 0.1) is 18.6 Å². The first kappa shape index (κ1) is 14.8. The van der Waals surface area contributed by atoms with Crippen LogP contribution < -0.4 is 0 Å². The van der Waals surface area contributed by atoms with Crippen molar-refractivity contribution in [3.05, 3.63) is 47.7 Å². The van der Waals surface area contributed by atoms with Crippen LogP contribution >= 0.6 is 0 Å². The van der Waals surface area contributed by atoms with Crippen LogP contribution in [0, 0.1) is 11.3 Å². The molecule has 6 heteroatoms. The van der Waals surface area contributed by atoms with Crippen molar-refractivity contribution in [1.82, 2.24) is 0 Å². The minimum Gasteiger partial charge on any atom is -0.475 e. The summed E-state index contributed by atoms with van der Waals surface area (Å²) >= 11 is 0. The fraction of sp³-hybridized carbons (Fsp3) is 0.200. The van der Waals surface area contributed by atoms with Crippen LogP contribution in [0.25, 0.3) is 11.3 Å². The number of aromatic carboxylic acids is 1. The molecule has 108 valence electrons. The third kappa shape index (κ3) is 3.28. The zero-order valence-electron chi connectivity index (χ0n) is 10.9. The van der Waals surface area contributed by atoms with Crippen molar-refractivity contribution in [3.8, 4) is 17.4 Å². The minimum atomic E-state index is -1.15. The second kappa shape index (κ2) is 6.22. The van der Waals surface area contributed by atoms with E-state index in [4.69, 9.17) is 14.8 Å². The fourth-order valence-electron chi connectivity index (χ4n) is 1.88. The second-order valence-electron chi connectivity index (χ2n) is 4.47. The summed E-state index contributed by atoms with van der Waals surface area (Å²) in [6.07, 6.45) is -2.46. The largest absolute Gasteiger partial charge is 0.475 e. The van der Waals surface area contributed by atoms with Gasteiger partial charge in [0.15, 0.2) is 0 Å². The number of hydrogen-bond donors (Lipinski definition) is 3. The highest BCUT2D eigenvalue weighted by Crippen LogP contribution is 2.25. The zero-order chi connectivity index (χ0) is 15.4. The molecule has 0 spiro atoms. The van der Waals surface area contributed by atoms with Crippen LogP contribution in [-0.4, -0.2) is 27.4 Å². The van der Waals surface area contributed by atoms with E-state index in [2.05, 4.69) is 0 Å². The molecular formula is C15H13NO5. The van der Waals surface area contributed by atoms with E-state index in [1.54, 1.807) is 36.4 Å². The molecule has 3 N–H and O–H groups in total. The predicted octanol–water partition coefficient (Wildman–Crippen LogP) is 1.95. The summed E-state index contributed by atoms with van der Waals surface area (Å²) in [5, 5.41) is 36.7. The van der Waals surface area contributed by atoms with E-state index >= 15 is 0 Å². The van der Waals surface area contributed by atoms with Crippen LogP contribution in [0.15, 0.2) is 40.8 Å². The number of aliphatic hydroxyl groups excluding tert-OH is 2. The van der Waals surface area contributed by atoms with Crippen LogP contribution in [0.1, 0.15) is 28.6 Å². The van der Waals surface area contributed by atoms with Gasteiger partial charge in [0, 0.05) is 5.56 Å². The predicted molar refractivity (Wildman–Crippen MR) is 72.3 cm³/mol. The summed E-state index contributed by atoms with van der Waals surface area (Å²) in [6.45, 7) is 0. The molecule has 0 saturated heterocycles. The second-order valence-corrected chi connectivity index (χ2v) is 4.47. The molecule has 2 rings (SSSR count). The number of carbonyl (C=O) groups is 1. The number of aliphatic hydroxyl groups is 2. The van der Waals surface area contributed by atoms with Crippen molar-refractivity contribution in [3.63, 3.8) is 0 Å². The number of hydrogen-bond acceptors (Lipinski definition) is 5. The average molecular weight is 287 g/mol. The molecule has 0 aliphatic heterocycles. The Balaban J connectivity index is 2.18. The maximum atomic E-state index is 10.7. The molecule has 0 bridgehead atoms. The molecule has 21 heavy (non-hydrogen) atoms. The molecule has 0 aliphatic carbocycles. The zero-order valence-corrected chi connectivity index (χ0v) is 10.9. The van der Waals surface area contributed by atoms with Crippen molar-refractivity contribution in [2.24, 2.45) is 0 Å². The standard InChI is InChI=1S/C15H13NO5/c16-8-7-11(17)14(18)10-3-1-9(2-4-10)12-5-6-13(21-12)15(19)20/h1-6,11,14,17-18H,7H2,(H,19,20). The lowest BCUT2D eigenvalue weighted by Gasteiger charge is -2.15. The molecule has 2 aromatic rings. The molecule has 6 nitrogen and oxygen atoms in total. The Kier molecular flexibility index (Phi) is 4.38. The molecule has 0 fully saturated rings. The van der Waals surface area contributed by atoms with E-state index in [1.807, 2.05) is 0 Å². The first-order chi connectivity index (χ1) is 10.0. The van der Waals surface area contributed by atoms with Crippen molar-refractivity contribution >= 4 is 5.97 Å². The highest BCUT2D eigenvalue weighted by Gasteiger charge is 2.18. The topological polar surface area (TPSA) is 115 Å². The third-order valence-corrected chi connectivity index (χ3v) is 3.02. The number of carboxylic acids is 1. The van der Waals surface area contributed by atoms with Crippen LogP contribution in [0.3, 0.4) is 0 Å². The van der Waals surface area contributed by atoms with Gasteiger partial charge < -0.3 is 19.7 Å². The first-order valence-corrected chi connectivity index (χ1v) is 6.19. The van der Waals surface area contributed by atoms with Crippen LogP contribution in [0.5, 0.6) is 0 Å². The van der Waals surface area contributed by atoms with Gasteiger partial charge in [-0.05, 0) is 17.7 Å². The lowest BCUT2D eigenvalue weighted by molar-refractivity contribution is 0.0216. The number of rotatable bonds is 5. The quantitative estimate of drug-likeness (QED) is 0.774. The average Bonchev–Trinajstić information content (AvgIpc) is 2.97. The molecule has 0 saturated carbocycles. The van der Waals surface area contributed by atoms with Gasteiger partial charge in [0.1, 0.15) is 11.9 Å². The van der Waals surface area contributed by atoms with E-state index in [0.717, 1.165) is 0 Å². The Morgan fingerprint density at radius 2 is 1.86 bits per heavy atom. The van der Waals surface area contributed by atoms with Gasteiger partial charge in [-0.2, -0.15) is 5.26 Å². The summed E-state index contributed by atoms with van der Waals surface area (Å²) in [4.78, 5) is 10.7. The van der Waals surface area contributed by atoms with Gasteiger partial charge in [-0.3, -0.25) is 0 Å². The number of nitrogens with zero attached hydrogens (tertiary/aromatic N) is 1. The smallest absolute Gasteiger partial charge is 0.371 e. The Hall–Kier alpha value is -2.62. The van der Waals surface area contributed by atoms with Crippen LogP contribution in [0.2, 0.25) is 0 Å². The Bertz CT molecular complexity index is 668. The molecule has 2 atom stereocenters. The SMILES string of the molecule is N#CCC(O)C(O)c1ccc(-c2ccc(C(=O)O)o2)cc1. The van der Waals surface area contributed by atoms with Crippen molar-refractivity contribution < 1.29 is 24.5 Å². The number of carboxylic acid groups (broad SMARTS) is 1. The van der Waals surface area contributed by atoms with Gasteiger partial charge in [0.2, 0.25) is 5.76 Å². The summed E-state index contributed by atoms with van der Waals surface area (Å²) in [6, 6.07) is 11.1. The first-order valence-electron chi connectivity index (χ1n) is 6.19. The molecule has 0 amide bonds. The lowest BCUT2D eigenvalue weighted by atomic mass is 10.0. The minimum absolute atomic E-state index is 0.154. The number of nitriles is 1. The van der Waals surface area contributed by atoms with Crippen molar-refractivity contribution in [2.45, 2.75) is 18.6 Å². The maximum Gasteiger partial charge on any atom is 0.371 e. The normalized spacial score (nSPS) is 13.4. The van der Waals surface area contributed by atoms with Gasteiger partial charge in [-0.15, -0.1) is 0 Å². The highest BCUT2D eigenvalue weighted by molar-refractivity contribution is 5.85. The van der Waals surface area contributed by atoms with E-state index < -0.39 is 18.2 Å². The highest BCUT2D eigenvalue weighted by atomic mass is 16.4. The Morgan fingerprint density at radius 1 is 1.19 bits per heavy atom. The van der Waals surface area contributed by atoms with E-state index in [0.29, 0.717) is 16.9 Å². The molecule has 1 heterocycles. The van der Waals surface area contributed by atoms with E-state index in [-0.39, 0.29) is 12.2 Å². The van der Waals surface area contributed by atoms with Gasteiger partial charge >= 0.3 is 5.97 Å². The van der Waals surface area contributed by atoms with Crippen LogP contribution in [0.4, 0.5) is 0 Å². The Morgan fingerprint density at radius 3 is 2.38 bits per heavy atom. The third-order valence-electron chi connectivity index (χ3n) is 3.02. The molecular weight excluding hydrogens is 274 g/mol.